The fourth-order valence-electron chi connectivity index (χ4n) is 3.19. The van der Waals surface area contributed by atoms with Crippen LogP contribution in [0.3, 0.4) is 0 Å². The summed E-state index contributed by atoms with van der Waals surface area (Å²) in [6, 6.07) is 0.598. The van der Waals surface area contributed by atoms with Crippen LogP contribution in [-0.2, 0) is 0 Å². The number of hydrogen-bond donors (Lipinski definition) is 2. The van der Waals surface area contributed by atoms with Gasteiger partial charge in [-0.2, -0.15) is 0 Å². The molecule has 3 unspecified atom stereocenters. The van der Waals surface area contributed by atoms with E-state index in [0.717, 1.165) is 23.1 Å². The van der Waals surface area contributed by atoms with Crippen molar-refractivity contribution in [1.29, 1.82) is 0 Å². The van der Waals surface area contributed by atoms with Gasteiger partial charge in [0.05, 0.1) is 0 Å². The molecule has 1 fully saturated rings. The maximum absolute atomic E-state index is 4.14. The average molecular weight is 262 g/mol. The number of rotatable bonds is 8. The van der Waals surface area contributed by atoms with Gasteiger partial charge in [-0.15, -0.1) is 0 Å². The van der Waals surface area contributed by atoms with Crippen LogP contribution in [0.5, 0.6) is 0 Å². The predicted molar refractivity (Wildman–Crippen MR) is 84.6 cm³/mol. The van der Waals surface area contributed by atoms with Gasteiger partial charge in [0, 0.05) is 17.9 Å². The zero-order chi connectivity index (χ0) is 14.3. The Morgan fingerprint density at radius 2 is 1.95 bits per heavy atom. The summed E-state index contributed by atoms with van der Waals surface area (Å²) in [6.07, 6.45) is 10.2. The molecule has 1 saturated carbocycles. The number of allylic oxidation sites excluding steroid dienone is 1. The van der Waals surface area contributed by atoms with E-state index >= 15 is 0 Å². The third kappa shape index (κ3) is 4.77. The quantitative estimate of drug-likeness (QED) is 0.636. The molecule has 0 radical (unpaired) electrons. The van der Waals surface area contributed by atoms with E-state index in [0.29, 0.717) is 6.04 Å². The van der Waals surface area contributed by atoms with Gasteiger partial charge in [0.2, 0.25) is 0 Å². The van der Waals surface area contributed by atoms with Crippen LogP contribution >= 0.6 is 0 Å². The molecule has 2 heteroatoms. The molecule has 0 amide bonds. The minimum Gasteiger partial charge on any atom is -0.383 e. The largest absolute Gasteiger partial charge is 0.383 e. The smallest absolute Gasteiger partial charge is 0.0313 e. The third-order valence-electron chi connectivity index (χ3n) is 4.30. The summed E-state index contributed by atoms with van der Waals surface area (Å²) >= 11 is 0. The van der Waals surface area contributed by atoms with Crippen LogP contribution in [0, 0.1) is 11.8 Å². The fraction of sp³-hybridized carbons (Fsp3) is 0.647. The first-order chi connectivity index (χ1) is 9.12. The Morgan fingerprint density at radius 1 is 1.26 bits per heavy atom. The molecule has 0 spiro atoms. The first-order valence-corrected chi connectivity index (χ1v) is 7.61. The van der Waals surface area contributed by atoms with Crippen molar-refractivity contribution < 1.29 is 0 Å². The van der Waals surface area contributed by atoms with Crippen molar-refractivity contribution >= 4 is 0 Å². The van der Waals surface area contributed by atoms with Gasteiger partial charge in [-0.3, -0.25) is 0 Å². The highest BCUT2D eigenvalue weighted by molar-refractivity contribution is 5.25. The molecular weight excluding hydrogens is 232 g/mol. The van der Waals surface area contributed by atoms with Crippen molar-refractivity contribution in [2.45, 2.75) is 58.9 Å². The second-order valence-corrected chi connectivity index (χ2v) is 5.71. The van der Waals surface area contributed by atoms with E-state index in [1.54, 1.807) is 6.20 Å². The van der Waals surface area contributed by atoms with Crippen molar-refractivity contribution in [3.05, 3.63) is 36.8 Å². The molecule has 0 aromatic rings. The highest BCUT2D eigenvalue weighted by Gasteiger charge is 2.32. The molecule has 2 nitrogen and oxygen atoms in total. The Labute approximate surface area is 119 Å². The van der Waals surface area contributed by atoms with Gasteiger partial charge >= 0.3 is 0 Å². The van der Waals surface area contributed by atoms with Gasteiger partial charge in [-0.1, -0.05) is 46.3 Å². The van der Waals surface area contributed by atoms with Crippen LogP contribution in [0.15, 0.2) is 36.8 Å². The van der Waals surface area contributed by atoms with E-state index in [1.807, 2.05) is 6.20 Å². The van der Waals surface area contributed by atoms with E-state index in [1.165, 1.54) is 32.1 Å². The van der Waals surface area contributed by atoms with Crippen LogP contribution in [0.25, 0.3) is 0 Å². The average Bonchev–Trinajstić information content (AvgIpc) is 2.78. The van der Waals surface area contributed by atoms with Crippen LogP contribution < -0.4 is 10.6 Å². The standard InChI is InChI=1S/C17H30N2/c1-6-9-16-11-17(10-15(16)7-2)19-14(5)13(4)12-18-8-3/h8,12,15-19H,3,5-7,9-11H2,1-2,4H3/b13-12-. The summed E-state index contributed by atoms with van der Waals surface area (Å²) in [4.78, 5) is 0. The van der Waals surface area contributed by atoms with Crippen molar-refractivity contribution in [2.24, 2.45) is 11.8 Å². The monoisotopic (exact) mass is 262 g/mol. The Hall–Kier alpha value is -1.18. The Bertz CT molecular complexity index is 330. The van der Waals surface area contributed by atoms with Crippen molar-refractivity contribution in [3.63, 3.8) is 0 Å². The molecule has 1 rings (SSSR count). The zero-order valence-corrected chi connectivity index (χ0v) is 12.8. The van der Waals surface area contributed by atoms with E-state index in [-0.39, 0.29) is 0 Å². The van der Waals surface area contributed by atoms with Crippen molar-refractivity contribution in [3.8, 4) is 0 Å². The molecule has 2 N–H and O–H groups in total. The van der Waals surface area contributed by atoms with Crippen molar-refractivity contribution in [1.82, 2.24) is 10.6 Å². The lowest BCUT2D eigenvalue weighted by Crippen LogP contribution is -2.26. The second-order valence-electron chi connectivity index (χ2n) is 5.71. The molecule has 1 aliphatic rings. The van der Waals surface area contributed by atoms with E-state index in [2.05, 4.69) is 44.6 Å². The minimum atomic E-state index is 0.598. The molecular formula is C17H30N2. The van der Waals surface area contributed by atoms with Gasteiger partial charge in [0.25, 0.3) is 0 Å². The van der Waals surface area contributed by atoms with Crippen LogP contribution in [-0.4, -0.2) is 6.04 Å². The lowest BCUT2D eigenvalue weighted by atomic mass is 9.90. The molecule has 0 saturated heterocycles. The first-order valence-electron chi connectivity index (χ1n) is 7.61. The van der Waals surface area contributed by atoms with Gasteiger partial charge < -0.3 is 10.6 Å². The van der Waals surface area contributed by atoms with Gasteiger partial charge in [0.1, 0.15) is 0 Å². The Morgan fingerprint density at radius 3 is 2.53 bits per heavy atom. The summed E-state index contributed by atoms with van der Waals surface area (Å²) in [5.41, 5.74) is 2.18. The van der Waals surface area contributed by atoms with Crippen LogP contribution in [0.2, 0.25) is 0 Å². The highest BCUT2D eigenvalue weighted by Crippen LogP contribution is 2.37. The lowest BCUT2D eigenvalue weighted by Gasteiger charge is -2.17. The van der Waals surface area contributed by atoms with E-state index in [9.17, 15) is 0 Å². The molecule has 19 heavy (non-hydrogen) atoms. The topological polar surface area (TPSA) is 24.1 Å². The highest BCUT2D eigenvalue weighted by atomic mass is 14.9. The SMILES string of the molecule is C=CN/C=C(/C)C(=C)NC1CC(CC)C(CCC)C1. The molecule has 0 aliphatic heterocycles. The van der Waals surface area contributed by atoms with Gasteiger partial charge in [-0.25, -0.2) is 0 Å². The summed E-state index contributed by atoms with van der Waals surface area (Å²) in [5, 5.41) is 6.61. The third-order valence-corrected chi connectivity index (χ3v) is 4.30. The summed E-state index contributed by atoms with van der Waals surface area (Å²) in [7, 11) is 0. The van der Waals surface area contributed by atoms with E-state index in [4.69, 9.17) is 0 Å². The van der Waals surface area contributed by atoms with Crippen LogP contribution in [0.4, 0.5) is 0 Å². The lowest BCUT2D eigenvalue weighted by molar-refractivity contribution is 0.352. The number of hydrogen-bond acceptors (Lipinski definition) is 2. The first kappa shape index (κ1) is 15.9. The van der Waals surface area contributed by atoms with Crippen LogP contribution in [0.1, 0.15) is 52.9 Å². The minimum absolute atomic E-state index is 0.598. The molecule has 0 heterocycles. The Kier molecular flexibility index (Phi) is 6.75. The molecule has 0 aromatic heterocycles. The van der Waals surface area contributed by atoms with Crippen molar-refractivity contribution in [2.75, 3.05) is 0 Å². The summed E-state index contributed by atoms with van der Waals surface area (Å²) in [6.45, 7) is 14.5. The van der Waals surface area contributed by atoms with Gasteiger partial charge in [-0.05, 0) is 43.4 Å². The second kappa shape index (κ2) is 8.08. The maximum atomic E-state index is 4.14. The Balaban J connectivity index is 2.50. The zero-order valence-electron chi connectivity index (χ0n) is 12.8. The molecule has 0 bridgehead atoms. The summed E-state index contributed by atoms with van der Waals surface area (Å²) < 4.78 is 0. The van der Waals surface area contributed by atoms with Gasteiger partial charge in [0.15, 0.2) is 0 Å². The molecule has 1 aliphatic carbocycles. The van der Waals surface area contributed by atoms with E-state index < -0.39 is 0 Å². The molecule has 0 aromatic carbocycles. The molecule has 108 valence electrons. The summed E-state index contributed by atoms with van der Waals surface area (Å²) in [5.74, 6) is 1.79. The normalized spacial score (nSPS) is 27.1. The number of nitrogens with one attached hydrogen (secondary N) is 2. The molecule has 3 atom stereocenters. The predicted octanol–water partition coefficient (Wildman–Crippen LogP) is 4.33. The maximum Gasteiger partial charge on any atom is 0.0313 e. The fourth-order valence-corrected chi connectivity index (χ4v) is 3.19.